The van der Waals surface area contributed by atoms with Gasteiger partial charge in [-0.25, -0.2) is 0 Å². The Kier molecular flexibility index (Phi) is 6.09. The zero-order valence-electron chi connectivity index (χ0n) is 12.4. The number of piperidine rings is 1. The summed E-state index contributed by atoms with van der Waals surface area (Å²) in [6.07, 6.45) is 2.49. The lowest BCUT2D eigenvalue weighted by Crippen LogP contribution is -2.51. The van der Waals surface area contributed by atoms with Crippen LogP contribution in [0.1, 0.15) is 33.6 Å². The Morgan fingerprint density at radius 2 is 2.06 bits per heavy atom. The van der Waals surface area contributed by atoms with E-state index in [0.29, 0.717) is 12.0 Å². The minimum atomic E-state index is -0.197. The molecule has 1 aliphatic heterocycles. The lowest BCUT2D eigenvalue weighted by molar-refractivity contribution is -0.144. The zero-order chi connectivity index (χ0) is 13.7. The van der Waals surface area contributed by atoms with Crippen molar-refractivity contribution in [2.45, 2.75) is 45.7 Å². The average molecular weight is 256 g/mol. The fourth-order valence-electron chi connectivity index (χ4n) is 2.69. The Hall–Kier alpha value is -0.610. The van der Waals surface area contributed by atoms with Crippen molar-refractivity contribution in [3.8, 4) is 0 Å². The van der Waals surface area contributed by atoms with Crippen LogP contribution in [0, 0.1) is 11.8 Å². The second-order valence-corrected chi connectivity index (χ2v) is 5.86. The molecule has 0 aromatic heterocycles. The molecular weight excluding hydrogens is 228 g/mol. The maximum Gasteiger partial charge on any atom is 0.323 e. The molecule has 1 aliphatic rings. The lowest BCUT2D eigenvalue weighted by Gasteiger charge is -2.36. The summed E-state index contributed by atoms with van der Waals surface area (Å²) >= 11 is 0. The SMILES string of the molecule is COC(=O)C(NC(C)C1CCCN(C)C1)C(C)C. The number of hydrogen-bond donors (Lipinski definition) is 1. The summed E-state index contributed by atoms with van der Waals surface area (Å²) in [5.41, 5.74) is 0. The van der Waals surface area contributed by atoms with Crippen molar-refractivity contribution >= 4 is 5.97 Å². The molecule has 4 nitrogen and oxygen atoms in total. The van der Waals surface area contributed by atoms with Crippen LogP contribution in [0.3, 0.4) is 0 Å². The number of rotatable bonds is 5. The van der Waals surface area contributed by atoms with Crippen molar-refractivity contribution in [3.63, 3.8) is 0 Å². The summed E-state index contributed by atoms with van der Waals surface area (Å²) in [5, 5.41) is 3.46. The van der Waals surface area contributed by atoms with Gasteiger partial charge in [-0.15, -0.1) is 0 Å². The molecule has 4 heteroatoms. The van der Waals surface area contributed by atoms with Crippen LogP contribution in [-0.2, 0) is 9.53 Å². The van der Waals surface area contributed by atoms with Gasteiger partial charge in [0.1, 0.15) is 6.04 Å². The first kappa shape index (κ1) is 15.4. The molecule has 1 fully saturated rings. The molecule has 0 aromatic rings. The quantitative estimate of drug-likeness (QED) is 0.757. The predicted octanol–water partition coefficient (Wildman–Crippen LogP) is 1.50. The highest BCUT2D eigenvalue weighted by molar-refractivity contribution is 5.75. The standard InChI is InChI=1S/C14H28N2O2/c1-10(2)13(14(17)18-5)15-11(3)12-7-6-8-16(4)9-12/h10-13,15H,6-9H2,1-5H3. The number of nitrogens with zero attached hydrogens (tertiary/aromatic N) is 1. The van der Waals surface area contributed by atoms with E-state index in [1.807, 2.05) is 13.8 Å². The van der Waals surface area contributed by atoms with Crippen molar-refractivity contribution in [2.24, 2.45) is 11.8 Å². The summed E-state index contributed by atoms with van der Waals surface area (Å²) in [4.78, 5) is 14.1. The molecule has 1 saturated heterocycles. The monoisotopic (exact) mass is 256 g/mol. The van der Waals surface area contributed by atoms with E-state index in [0.717, 1.165) is 6.54 Å². The van der Waals surface area contributed by atoms with Crippen LogP contribution < -0.4 is 5.32 Å². The fraction of sp³-hybridized carbons (Fsp3) is 0.929. The van der Waals surface area contributed by atoms with Crippen molar-refractivity contribution in [2.75, 3.05) is 27.2 Å². The topological polar surface area (TPSA) is 41.6 Å². The number of esters is 1. The Balaban J connectivity index is 2.54. The minimum Gasteiger partial charge on any atom is -0.468 e. The highest BCUT2D eigenvalue weighted by Gasteiger charge is 2.29. The lowest BCUT2D eigenvalue weighted by atomic mass is 9.90. The van der Waals surface area contributed by atoms with E-state index in [9.17, 15) is 4.79 Å². The van der Waals surface area contributed by atoms with Crippen molar-refractivity contribution in [1.82, 2.24) is 10.2 Å². The molecular formula is C14H28N2O2. The van der Waals surface area contributed by atoms with Gasteiger partial charge in [0.25, 0.3) is 0 Å². The molecule has 0 saturated carbocycles. The molecule has 3 atom stereocenters. The van der Waals surface area contributed by atoms with Gasteiger partial charge in [0.2, 0.25) is 0 Å². The molecule has 3 unspecified atom stereocenters. The molecule has 0 spiro atoms. The van der Waals surface area contributed by atoms with Crippen LogP contribution in [0.2, 0.25) is 0 Å². The van der Waals surface area contributed by atoms with Crippen LogP contribution in [0.5, 0.6) is 0 Å². The molecule has 1 rings (SSSR count). The third kappa shape index (κ3) is 4.25. The van der Waals surface area contributed by atoms with E-state index in [1.54, 1.807) is 0 Å². The number of carbonyl (C=O) groups is 1. The predicted molar refractivity (Wildman–Crippen MR) is 73.5 cm³/mol. The molecule has 0 radical (unpaired) electrons. The largest absolute Gasteiger partial charge is 0.468 e. The van der Waals surface area contributed by atoms with Crippen LogP contribution in [0.4, 0.5) is 0 Å². The fourth-order valence-corrected chi connectivity index (χ4v) is 2.69. The van der Waals surface area contributed by atoms with Crippen molar-refractivity contribution in [3.05, 3.63) is 0 Å². The summed E-state index contributed by atoms with van der Waals surface area (Å²) in [7, 11) is 3.62. The maximum absolute atomic E-state index is 11.7. The van der Waals surface area contributed by atoms with Gasteiger partial charge in [-0.3, -0.25) is 4.79 Å². The summed E-state index contributed by atoms with van der Waals surface area (Å²) in [6.45, 7) is 8.58. The molecule has 18 heavy (non-hydrogen) atoms. The zero-order valence-corrected chi connectivity index (χ0v) is 12.4. The first-order valence-electron chi connectivity index (χ1n) is 6.98. The highest BCUT2D eigenvalue weighted by atomic mass is 16.5. The van der Waals surface area contributed by atoms with Gasteiger partial charge in [0, 0.05) is 12.6 Å². The highest BCUT2D eigenvalue weighted by Crippen LogP contribution is 2.19. The molecule has 0 amide bonds. The number of nitrogens with one attached hydrogen (secondary N) is 1. The summed E-state index contributed by atoms with van der Waals surface area (Å²) in [6, 6.07) is 0.150. The third-order valence-corrected chi connectivity index (χ3v) is 3.93. The Morgan fingerprint density at radius 1 is 1.39 bits per heavy atom. The van der Waals surface area contributed by atoms with Gasteiger partial charge < -0.3 is 15.0 Å². The Labute approximate surface area is 111 Å². The number of likely N-dealkylation sites (tertiary alicyclic amines) is 1. The molecule has 1 N–H and O–H groups in total. The van der Waals surface area contributed by atoms with Gasteiger partial charge in [0.15, 0.2) is 0 Å². The second-order valence-electron chi connectivity index (χ2n) is 5.86. The molecule has 0 aliphatic carbocycles. The van der Waals surface area contributed by atoms with Gasteiger partial charge in [-0.1, -0.05) is 13.8 Å². The molecule has 1 heterocycles. The van der Waals surface area contributed by atoms with Crippen LogP contribution in [-0.4, -0.2) is 50.2 Å². The first-order chi connectivity index (χ1) is 8.45. The van der Waals surface area contributed by atoms with Gasteiger partial charge in [-0.05, 0) is 45.2 Å². The molecule has 0 aromatic carbocycles. The number of methoxy groups -OCH3 is 1. The number of hydrogen-bond acceptors (Lipinski definition) is 4. The smallest absolute Gasteiger partial charge is 0.323 e. The molecule has 106 valence electrons. The van der Waals surface area contributed by atoms with E-state index < -0.39 is 0 Å². The van der Waals surface area contributed by atoms with Crippen LogP contribution >= 0.6 is 0 Å². The van der Waals surface area contributed by atoms with Gasteiger partial charge in [-0.2, -0.15) is 0 Å². The molecule has 0 bridgehead atoms. The van der Waals surface area contributed by atoms with Gasteiger partial charge in [0.05, 0.1) is 7.11 Å². The first-order valence-corrected chi connectivity index (χ1v) is 6.98. The normalized spacial score (nSPS) is 24.9. The average Bonchev–Trinajstić information content (AvgIpc) is 2.34. The number of carbonyl (C=O) groups excluding carboxylic acids is 1. The maximum atomic E-state index is 11.7. The van der Waals surface area contributed by atoms with E-state index in [-0.39, 0.29) is 17.9 Å². The third-order valence-electron chi connectivity index (χ3n) is 3.93. The van der Waals surface area contributed by atoms with E-state index in [1.165, 1.54) is 26.5 Å². The van der Waals surface area contributed by atoms with E-state index in [2.05, 4.69) is 24.2 Å². The Bertz CT molecular complexity index is 269. The van der Waals surface area contributed by atoms with E-state index >= 15 is 0 Å². The van der Waals surface area contributed by atoms with Crippen molar-refractivity contribution in [1.29, 1.82) is 0 Å². The van der Waals surface area contributed by atoms with E-state index in [4.69, 9.17) is 4.74 Å². The van der Waals surface area contributed by atoms with Crippen LogP contribution in [0.15, 0.2) is 0 Å². The van der Waals surface area contributed by atoms with Crippen LogP contribution in [0.25, 0.3) is 0 Å². The van der Waals surface area contributed by atoms with Gasteiger partial charge >= 0.3 is 5.97 Å². The minimum absolute atomic E-state index is 0.152. The summed E-state index contributed by atoms with van der Waals surface area (Å²) in [5.74, 6) is 0.719. The summed E-state index contributed by atoms with van der Waals surface area (Å²) < 4.78 is 4.87. The van der Waals surface area contributed by atoms with Crippen molar-refractivity contribution < 1.29 is 9.53 Å². The Morgan fingerprint density at radius 3 is 2.56 bits per heavy atom. The number of ether oxygens (including phenoxy) is 1. The second kappa shape index (κ2) is 7.10.